The average molecular weight is 296 g/mol. The first-order valence-corrected chi connectivity index (χ1v) is 6.36. The lowest BCUT2D eigenvalue weighted by Crippen LogP contribution is -2.27. The number of rotatable bonds is 6. The predicted octanol–water partition coefficient (Wildman–Crippen LogP) is 2.24. The minimum absolute atomic E-state index is 0.246. The first kappa shape index (κ1) is 16.8. The molecule has 0 spiro atoms. The van der Waals surface area contributed by atoms with Crippen LogP contribution in [0.3, 0.4) is 0 Å². The largest absolute Gasteiger partial charge is 0.496 e. The maximum atomic E-state index is 11.6. The molecular weight excluding hydrogens is 276 g/mol. The van der Waals surface area contributed by atoms with Crippen molar-refractivity contribution in [2.45, 2.75) is 26.4 Å². The number of methoxy groups -OCH3 is 2. The zero-order valence-electron chi connectivity index (χ0n) is 12.9. The van der Waals surface area contributed by atoms with E-state index in [1.165, 1.54) is 26.4 Å². The predicted molar refractivity (Wildman–Crippen MR) is 76.3 cm³/mol. The van der Waals surface area contributed by atoms with E-state index in [0.717, 1.165) is 0 Å². The number of carbonyl (C=O) groups is 2. The molecule has 21 heavy (non-hydrogen) atoms. The summed E-state index contributed by atoms with van der Waals surface area (Å²) in [6, 6.07) is 3.02. The molecule has 0 aliphatic carbocycles. The normalized spacial score (nSPS) is 10.7. The van der Waals surface area contributed by atoms with Crippen LogP contribution in [-0.4, -0.2) is 38.7 Å². The van der Waals surface area contributed by atoms with Crippen molar-refractivity contribution in [2.75, 3.05) is 20.8 Å². The summed E-state index contributed by atoms with van der Waals surface area (Å²) in [5.74, 6) is 0.479. The second kappa shape index (κ2) is 6.97. The fraction of sp³-hybridized carbons (Fsp3) is 0.467. The molecule has 0 heterocycles. The molecule has 0 N–H and O–H groups in total. The second-order valence-electron chi connectivity index (χ2n) is 5.23. The summed E-state index contributed by atoms with van der Waals surface area (Å²) in [5, 5.41) is 0. The molecule has 0 saturated heterocycles. The van der Waals surface area contributed by atoms with E-state index in [1.54, 1.807) is 20.8 Å². The maximum absolute atomic E-state index is 11.6. The Labute approximate surface area is 123 Å². The third-order valence-electron chi connectivity index (χ3n) is 2.41. The lowest BCUT2D eigenvalue weighted by atomic mass is 10.2. The summed E-state index contributed by atoms with van der Waals surface area (Å²) >= 11 is 0. The van der Waals surface area contributed by atoms with Gasteiger partial charge in [0.25, 0.3) is 0 Å². The highest BCUT2D eigenvalue weighted by Gasteiger charge is 2.18. The van der Waals surface area contributed by atoms with E-state index in [-0.39, 0.29) is 12.2 Å². The number of esters is 1. The topological polar surface area (TPSA) is 71.1 Å². The lowest BCUT2D eigenvalue weighted by Gasteiger charge is -2.19. The molecule has 6 nitrogen and oxygen atoms in total. The zero-order chi connectivity index (χ0) is 16.0. The molecule has 0 saturated carbocycles. The monoisotopic (exact) mass is 296 g/mol. The fourth-order valence-corrected chi connectivity index (χ4v) is 1.63. The molecule has 0 aliphatic rings. The Morgan fingerprint density at radius 1 is 1.14 bits per heavy atom. The average Bonchev–Trinajstić information content (AvgIpc) is 2.41. The molecule has 0 amide bonds. The Bertz CT molecular complexity index is 490. The van der Waals surface area contributed by atoms with Crippen molar-refractivity contribution in [3.05, 3.63) is 17.7 Å². The van der Waals surface area contributed by atoms with Gasteiger partial charge in [0.15, 0.2) is 12.9 Å². The molecule has 1 aromatic carbocycles. The number of carbonyl (C=O) groups excluding carboxylic acids is 2. The van der Waals surface area contributed by atoms with Crippen LogP contribution in [0.25, 0.3) is 0 Å². The van der Waals surface area contributed by atoms with Crippen molar-refractivity contribution in [1.29, 1.82) is 0 Å². The van der Waals surface area contributed by atoms with Gasteiger partial charge in [-0.05, 0) is 20.8 Å². The third-order valence-corrected chi connectivity index (χ3v) is 2.41. The quantitative estimate of drug-likeness (QED) is 0.592. The molecule has 0 radical (unpaired) electrons. The highest BCUT2D eigenvalue weighted by atomic mass is 16.6. The van der Waals surface area contributed by atoms with Crippen LogP contribution in [0, 0.1) is 0 Å². The van der Waals surface area contributed by atoms with E-state index in [1.807, 2.05) is 0 Å². The highest BCUT2D eigenvalue weighted by Crippen LogP contribution is 2.32. The van der Waals surface area contributed by atoms with Crippen LogP contribution in [0.4, 0.5) is 0 Å². The molecule has 0 bridgehead atoms. The van der Waals surface area contributed by atoms with E-state index < -0.39 is 11.6 Å². The van der Waals surface area contributed by atoms with Gasteiger partial charge in [0.05, 0.1) is 19.8 Å². The number of benzene rings is 1. The van der Waals surface area contributed by atoms with E-state index in [4.69, 9.17) is 18.9 Å². The van der Waals surface area contributed by atoms with E-state index >= 15 is 0 Å². The number of aldehydes is 1. The molecule has 0 fully saturated rings. The summed E-state index contributed by atoms with van der Waals surface area (Å²) in [5.41, 5.74) is -0.290. The van der Waals surface area contributed by atoms with Crippen LogP contribution in [0.1, 0.15) is 31.1 Å². The van der Waals surface area contributed by atoms with Gasteiger partial charge in [0.2, 0.25) is 0 Å². The first-order chi connectivity index (χ1) is 9.80. The third kappa shape index (κ3) is 4.98. The first-order valence-electron chi connectivity index (χ1n) is 6.36. The summed E-state index contributed by atoms with van der Waals surface area (Å²) in [7, 11) is 2.86. The van der Waals surface area contributed by atoms with Crippen LogP contribution in [0.5, 0.6) is 17.2 Å². The van der Waals surface area contributed by atoms with Crippen LogP contribution < -0.4 is 14.2 Å². The van der Waals surface area contributed by atoms with Gasteiger partial charge in [0, 0.05) is 12.1 Å². The van der Waals surface area contributed by atoms with Gasteiger partial charge in [-0.2, -0.15) is 0 Å². The Kier molecular flexibility index (Phi) is 5.58. The summed E-state index contributed by atoms with van der Waals surface area (Å²) in [6.07, 6.45) is 0.634. The minimum Gasteiger partial charge on any atom is -0.496 e. The van der Waals surface area contributed by atoms with Gasteiger partial charge in [-0.1, -0.05) is 0 Å². The smallest absolute Gasteiger partial charge is 0.344 e. The van der Waals surface area contributed by atoms with E-state index in [9.17, 15) is 9.59 Å². The number of hydrogen-bond donors (Lipinski definition) is 0. The Balaban J connectivity index is 2.85. The SMILES string of the molecule is COc1cc(OCC(=O)OC(C)(C)C)cc(OC)c1C=O. The van der Waals surface area contributed by atoms with Crippen LogP contribution in [0.15, 0.2) is 12.1 Å². The van der Waals surface area contributed by atoms with Gasteiger partial charge in [-0.15, -0.1) is 0 Å². The van der Waals surface area contributed by atoms with Gasteiger partial charge < -0.3 is 18.9 Å². The molecule has 0 atom stereocenters. The van der Waals surface area contributed by atoms with Crippen molar-refractivity contribution >= 4 is 12.3 Å². The van der Waals surface area contributed by atoms with E-state index in [0.29, 0.717) is 23.5 Å². The van der Waals surface area contributed by atoms with Crippen molar-refractivity contribution in [3.8, 4) is 17.2 Å². The van der Waals surface area contributed by atoms with Crippen LogP contribution in [-0.2, 0) is 9.53 Å². The molecule has 0 aromatic heterocycles. The Hall–Kier alpha value is -2.24. The fourth-order valence-electron chi connectivity index (χ4n) is 1.63. The van der Waals surface area contributed by atoms with Gasteiger partial charge in [-0.25, -0.2) is 4.79 Å². The molecule has 0 aliphatic heterocycles. The summed E-state index contributed by atoms with van der Waals surface area (Å²) in [6.45, 7) is 5.07. The summed E-state index contributed by atoms with van der Waals surface area (Å²) < 4.78 is 20.7. The summed E-state index contributed by atoms with van der Waals surface area (Å²) in [4.78, 5) is 22.6. The standard InChI is InChI=1S/C15H20O6/c1-15(2,3)21-14(17)9-20-10-6-12(18-4)11(8-16)13(7-10)19-5/h6-8H,9H2,1-5H3. The molecule has 116 valence electrons. The van der Waals surface area contributed by atoms with Crippen molar-refractivity contribution in [1.82, 2.24) is 0 Å². The second-order valence-corrected chi connectivity index (χ2v) is 5.23. The van der Waals surface area contributed by atoms with Gasteiger partial charge in [-0.3, -0.25) is 4.79 Å². The highest BCUT2D eigenvalue weighted by molar-refractivity contribution is 5.84. The molecule has 1 rings (SSSR count). The van der Waals surface area contributed by atoms with Crippen LogP contribution >= 0.6 is 0 Å². The molecule has 6 heteroatoms. The Morgan fingerprint density at radius 2 is 1.67 bits per heavy atom. The van der Waals surface area contributed by atoms with Gasteiger partial charge in [0.1, 0.15) is 22.8 Å². The zero-order valence-corrected chi connectivity index (χ0v) is 12.9. The number of hydrogen-bond acceptors (Lipinski definition) is 6. The van der Waals surface area contributed by atoms with Gasteiger partial charge >= 0.3 is 5.97 Å². The Morgan fingerprint density at radius 3 is 2.05 bits per heavy atom. The molecular formula is C15H20O6. The molecule has 1 aromatic rings. The van der Waals surface area contributed by atoms with Crippen molar-refractivity contribution in [2.24, 2.45) is 0 Å². The van der Waals surface area contributed by atoms with Crippen LogP contribution in [0.2, 0.25) is 0 Å². The van der Waals surface area contributed by atoms with Crippen molar-refractivity contribution in [3.63, 3.8) is 0 Å². The lowest BCUT2D eigenvalue weighted by molar-refractivity contribution is -0.157. The number of ether oxygens (including phenoxy) is 4. The van der Waals surface area contributed by atoms with E-state index in [2.05, 4.69) is 0 Å². The minimum atomic E-state index is -0.572. The van der Waals surface area contributed by atoms with Crippen molar-refractivity contribution < 1.29 is 28.5 Å². The molecule has 0 unspecified atom stereocenters. The maximum Gasteiger partial charge on any atom is 0.344 e.